The van der Waals surface area contributed by atoms with Crippen molar-refractivity contribution < 1.29 is 4.74 Å². The first-order valence-electron chi connectivity index (χ1n) is 5.34. The molecule has 0 bridgehead atoms. The summed E-state index contributed by atoms with van der Waals surface area (Å²) in [4.78, 5) is 4.32. The fourth-order valence-electron chi connectivity index (χ4n) is 1.42. The van der Waals surface area contributed by atoms with Gasteiger partial charge in [-0.3, -0.25) is 0 Å². The Bertz CT molecular complexity index is 256. The largest absolute Gasteiger partial charge is 0.380 e. The highest BCUT2D eigenvalue weighted by Gasteiger charge is 2.05. The lowest BCUT2D eigenvalue weighted by atomic mass is 10.2. The SMILES string of the molecule is CCCOCCn1ccnc1C(C)C. The number of nitrogens with zero attached hydrogens (tertiary/aromatic N) is 2. The third-order valence-electron chi connectivity index (χ3n) is 2.09. The van der Waals surface area contributed by atoms with Crippen LogP contribution in [0.2, 0.25) is 0 Å². The molecule has 0 N–H and O–H groups in total. The van der Waals surface area contributed by atoms with Crippen LogP contribution in [0.15, 0.2) is 12.4 Å². The molecule has 1 heterocycles. The Morgan fingerprint density at radius 2 is 2.21 bits per heavy atom. The molecule has 1 aromatic heterocycles. The van der Waals surface area contributed by atoms with E-state index in [9.17, 15) is 0 Å². The molecule has 0 aromatic carbocycles. The van der Waals surface area contributed by atoms with E-state index in [4.69, 9.17) is 4.74 Å². The van der Waals surface area contributed by atoms with Crippen LogP contribution in [0.3, 0.4) is 0 Å². The van der Waals surface area contributed by atoms with Gasteiger partial charge >= 0.3 is 0 Å². The fourth-order valence-corrected chi connectivity index (χ4v) is 1.42. The van der Waals surface area contributed by atoms with Crippen LogP contribution in [0, 0.1) is 0 Å². The summed E-state index contributed by atoms with van der Waals surface area (Å²) >= 11 is 0. The molecular formula is C11H20N2O. The molecule has 0 spiro atoms. The second kappa shape index (κ2) is 5.81. The molecule has 0 amide bonds. The smallest absolute Gasteiger partial charge is 0.111 e. The van der Waals surface area contributed by atoms with Gasteiger partial charge in [0, 0.05) is 31.5 Å². The molecule has 0 fully saturated rings. The van der Waals surface area contributed by atoms with Crippen molar-refractivity contribution in [3.05, 3.63) is 18.2 Å². The molecule has 0 saturated carbocycles. The maximum atomic E-state index is 5.44. The Balaban J connectivity index is 2.38. The van der Waals surface area contributed by atoms with Crippen molar-refractivity contribution in [3.8, 4) is 0 Å². The van der Waals surface area contributed by atoms with Crippen molar-refractivity contribution >= 4 is 0 Å². The molecular weight excluding hydrogens is 176 g/mol. The van der Waals surface area contributed by atoms with Gasteiger partial charge in [-0.2, -0.15) is 0 Å². The lowest BCUT2D eigenvalue weighted by Gasteiger charge is -2.10. The second-order valence-electron chi connectivity index (χ2n) is 3.75. The average Bonchev–Trinajstić information content (AvgIpc) is 2.60. The predicted molar refractivity (Wildman–Crippen MR) is 57.4 cm³/mol. The maximum absolute atomic E-state index is 5.44. The number of imidazole rings is 1. The van der Waals surface area contributed by atoms with E-state index in [0.717, 1.165) is 32.0 Å². The van der Waals surface area contributed by atoms with Crippen molar-refractivity contribution in [2.45, 2.75) is 39.7 Å². The van der Waals surface area contributed by atoms with Gasteiger partial charge in [-0.1, -0.05) is 20.8 Å². The van der Waals surface area contributed by atoms with Crippen LogP contribution >= 0.6 is 0 Å². The lowest BCUT2D eigenvalue weighted by molar-refractivity contribution is 0.126. The summed E-state index contributed by atoms with van der Waals surface area (Å²) in [5.41, 5.74) is 0. The average molecular weight is 196 g/mol. The van der Waals surface area contributed by atoms with Crippen LogP contribution in [0.1, 0.15) is 38.9 Å². The van der Waals surface area contributed by atoms with Gasteiger partial charge in [-0.15, -0.1) is 0 Å². The third-order valence-corrected chi connectivity index (χ3v) is 2.09. The highest BCUT2D eigenvalue weighted by atomic mass is 16.5. The Hall–Kier alpha value is -0.830. The molecule has 1 aromatic rings. The van der Waals surface area contributed by atoms with Gasteiger partial charge in [0.1, 0.15) is 5.82 Å². The molecule has 3 nitrogen and oxygen atoms in total. The minimum absolute atomic E-state index is 0.483. The van der Waals surface area contributed by atoms with Crippen molar-refractivity contribution in [1.82, 2.24) is 9.55 Å². The quantitative estimate of drug-likeness (QED) is 0.653. The van der Waals surface area contributed by atoms with Crippen molar-refractivity contribution in [1.29, 1.82) is 0 Å². The lowest BCUT2D eigenvalue weighted by Crippen LogP contribution is -2.10. The van der Waals surface area contributed by atoms with Crippen molar-refractivity contribution in [2.24, 2.45) is 0 Å². The van der Waals surface area contributed by atoms with Gasteiger partial charge in [-0.05, 0) is 6.42 Å². The zero-order chi connectivity index (χ0) is 10.4. The monoisotopic (exact) mass is 196 g/mol. The normalized spacial score (nSPS) is 11.1. The van der Waals surface area contributed by atoms with Crippen LogP contribution in [-0.2, 0) is 11.3 Å². The molecule has 0 radical (unpaired) electrons. The zero-order valence-corrected chi connectivity index (χ0v) is 9.36. The summed E-state index contributed by atoms with van der Waals surface area (Å²) in [6.07, 6.45) is 4.96. The summed E-state index contributed by atoms with van der Waals surface area (Å²) < 4.78 is 7.61. The molecule has 0 aliphatic carbocycles. The van der Waals surface area contributed by atoms with Crippen LogP contribution in [0.4, 0.5) is 0 Å². The molecule has 0 aliphatic rings. The number of ether oxygens (including phenoxy) is 1. The number of aromatic nitrogens is 2. The highest BCUT2D eigenvalue weighted by Crippen LogP contribution is 2.11. The topological polar surface area (TPSA) is 27.1 Å². The molecule has 1 rings (SSSR count). The molecule has 3 heteroatoms. The van der Waals surface area contributed by atoms with Gasteiger partial charge in [0.05, 0.1) is 6.61 Å². The van der Waals surface area contributed by atoms with Crippen LogP contribution < -0.4 is 0 Å². The van der Waals surface area contributed by atoms with Crippen molar-refractivity contribution in [2.75, 3.05) is 13.2 Å². The summed E-state index contributed by atoms with van der Waals surface area (Å²) in [5.74, 6) is 1.63. The van der Waals surface area contributed by atoms with Crippen LogP contribution in [0.5, 0.6) is 0 Å². The van der Waals surface area contributed by atoms with Crippen LogP contribution in [0.25, 0.3) is 0 Å². The van der Waals surface area contributed by atoms with Gasteiger partial charge < -0.3 is 9.30 Å². The summed E-state index contributed by atoms with van der Waals surface area (Å²) in [6.45, 7) is 8.98. The van der Waals surface area contributed by atoms with E-state index in [-0.39, 0.29) is 0 Å². The Kier molecular flexibility index (Phi) is 4.66. The molecule has 0 aliphatic heterocycles. The first-order chi connectivity index (χ1) is 6.75. The zero-order valence-electron chi connectivity index (χ0n) is 9.36. The van der Waals surface area contributed by atoms with E-state index < -0.39 is 0 Å². The van der Waals surface area contributed by atoms with Crippen LogP contribution in [-0.4, -0.2) is 22.8 Å². The molecule has 0 saturated heterocycles. The highest BCUT2D eigenvalue weighted by molar-refractivity contribution is 4.97. The van der Waals surface area contributed by atoms with E-state index in [1.165, 1.54) is 0 Å². The van der Waals surface area contributed by atoms with Gasteiger partial charge in [0.25, 0.3) is 0 Å². The third kappa shape index (κ3) is 3.14. The number of hydrogen-bond donors (Lipinski definition) is 0. The summed E-state index contributed by atoms with van der Waals surface area (Å²) in [6, 6.07) is 0. The maximum Gasteiger partial charge on any atom is 0.111 e. The molecule has 80 valence electrons. The predicted octanol–water partition coefficient (Wildman–Crippen LogP) is 2.43. The molecule has 0 unspecified atom stereocenters. The molecule has 14 heavy (non-hydrogen) atoms. The summed E-state index contributed by atoms with van der Waals surface area (Å²) in [5, 5.41) is 0. The standard InChI is InChI=1S/C11H20N2O/c1-4-8-14-9-7-13-6-5-12-11(13)10(2)3/h5-6,10H,4,7-9H2,1-3H3. The minimum atomic E-state index is 0.483. The van der Waals surface area contributed by atoms with Crippen molar-refractivity contribution in [3.63, 3.8) is 0 Å². The van der Waals surface area contributed by atoms with E-state index in [0.29, 0.717) is 5.92 Å². The first kappa shape index (κ1) is 11.2. The second-order valence-corrected chi connectivity index (χ2v) is 3.75. The first-order valence-corrected chi connectivity index (χ1v) is 5.34. The molecule has 0 atom stereocenters. The summed E-state index contributed by atoms with van der Waals surface area (Å²) in [7, 11) is 0. The van der Waals surface area contributed by atoms with Gasteiger partial charge in [0.2, 0.25) is 0 Å². The van der Waals surface area contributed by atoms with Gasteiger partial charge in [0.15, 0.2) is 0 Å². The fraction of sp³-hybridized carbons (Fsp3) is 0.727. The van der Waals surface area contributed by atoms with Gasteiger partial charge in [-0.25, -0.2) is 4.98 Å². The van der Waals surface area contributed by atoms with E-state index in [1.807, 2.05) is 12.4 Å². The Morgan fingerprint density at radius 3 is 2.86 bits per heavy atom. The van der Waals surface area contributed by atoms with E-state index in [2.05, 4.69) is 30.3 Å². The Labute approximate surface area is 86.1 Å². The number of rotatable bonds is 6. The van der Waals surface area contributed by atoms with E-state index in [1.54, 1.807) is 0 Å². The van der Waals surface area contributed by atoms with E-state index >= 15 is 0 Å². The number of hydrogen-bond acceptors (Lipinski definition) is 2. The minimum Gasteiger partial charge on any atom is -0.380 e. The Morgan fingerprint density at radius 1 is 1.43 bits per heavy atom.